The van der Waals surface area contributed by atoms with Gasteiger partial charge in [0, 0.05) is 98.1 Å². The Morgan fingerprint density at radius 1 is 0.600 bits per heavy atom. The zero-order valence-electron chi connectivity index (χ0n) is 20.3. The Morgan fingerprint density at radius 3 is 2.00 bits per heavy atom. The van der Waals surface area contributed by atoms with Crippen LogP contribution in [-0.2, 0) is 104 Å². The molecule has 6 aromatic rings. The van der Waals surface area contributed by atoms with Crippen molar-refractivity contribution in [2.24, 2.45) is 0 Å². The van der Waals surface area contributed by atoms with Crippen molar-refractivity contribution in [1.82, 2.24) is 0 Å². The standard InChI is InChI=1S/C32H23.3Y/c1-19-16-22-9-8-20-10-13-24(27-15-12-23(17-19)30(22)31(20)27)21-11-14-26-25-6-4-5-7-28(25)32(2,3)29(26)18-21;;;/h4,6-18H,1-3H3;;;/q-1;;;. The zero-order chi connectivity index (χ0) is 21.6. The first kappa shape index (κ1) is 27.7. The maximum Gasteiger partial charge on any atom is 0 e. The summed E-state index contributed by atoms with van der Waals surface area (Å²) in [6, 6.07) is 35.1. The normalized spacial score (nSPS) is 13.1. The third-order valence-corrected chi connectivity index (χ3v) is 7.57. The fourth-order valence-electron chi connectivity index (χ4n) is 6.02. The summed E-state index contributed by atoms with van der Waals surface area (Å²) in [6.45, 7) is 6.85. The van der Waals surface area contributed by atoms with Crippen LogP contribution in [0, 0.1) is 13.0 Å². The predicted molar refractivity (Wildman–Crippen MR) is 137 cm³/mol. The molecule has 0 aliphatic heterocycles. The molecule has 0 atom stereocenters. The Labute approximate surface area is 282 Å². The summed E-state index contributed by atoms with van der Waals surface area (Å²) in [7, 11) is 0. The van der Waals surface area contributed by atoms with E-state index in [4.69, 9.17) is 0 Å². The molecule has 0 N–H and O–H groups in total. The van der Waals surface area contributed by atoms with Gasteiger partial charge in [-0.05, 0) is 72.5 Å². The summed E-state index contributed by atoms with van der Waals surface area (Å²) in [6.07, 6.45) is 0. The molecule has 3 radical (unpaired) electrons. The minimum Gasteiger partial charge on any atom is -0.183 e. The van der Waals surface area contributed by atoms with Crippen molar-refractivity contribution in [3.05, 3.63) is 108 Å². The molecule has 0 aromatic heterocycles. The summed E-state index contributed by atoms with van der Waals surface area (Å²) in [4.78, 5) is 0. The summed E-state index contributed by atoms with van der Waals surface area (Å²) in [5.74, 6) is 0. The van der Waals surface area contributed by atoms with E-state index in [1.807, 2.05) is 6.07 Å². The Kier molecular flexibility index (Phi) is 7.99. The predicted octanol–water partition coefficient (Wildman–Crippen LogP) is 8.66. The molecule has 0 saturated heterocycles. The molecular weight excluding hydrogens is 651 g/mol. The van der Waals surface area contributed by atoms with E-state index in [1.54, 1.807) is 0 Å². The maximum atomic E-state index is 3.29. The molecule has 0 nitrogen and oxygen atoms in total. The van der Waals surface area contributed by atoms with Crippen LogP contribution in [0.15, 0.2) is 84.9 Å². The minimum absolute atomic E-state index is 0. The van der Waals surface area contributed by atoms with Crippen LogP contribution in [0.25, 0.3) is 54.6 Å². The Hall–Kier alpha value is -0.328. The van der Waals surface area contributed by atoms with Crippen molar-refractivity contribution in [3.63, 3.8) is 0 Å². The molecule has 0 fully saturated rings. The first-order valence-corrected chi connectivity index (χ1v) is 11.4. The molecule has 0 amide bonds. The molecule has 3 heteroatoms. The van der Waals surface area contributed by atoms with Gasteiger partial charge in [-0.2, -0.15) is 24.3 Å². The first-order valence-electron chi connectivity index (χ1n) is 11.4. The molecule has 0 unspecified atom stereocenters. The van der Waals surface area contributed by atoms with E-state index in [2.05, 4.69) is 106 Å². The van der Waals surface area contributed by atoms with Gasteiger partial charge >= 0.3 is 0 Å². The van der Waals surface area contributed by atoms with E-state index in [-0.39, 0.29) is 104 Å². The smallest absolute Gasteiger partial charge is 0 e. The van der Waals surface area contributed by atoms with Crippen LogP contribution in [-0.4, -0.2) is 0 Å². The number of hydrogen-bond donors (Lipinski definition) is 0. The summed E-state index contributed by atoms with van der Waals surface area (Å²) in [5.41, 5.74) is 9.39. The molecule has 1 aliphatic carbocycles. The van der Waals surface area contributed by atoms with Crippen LogP contribution in [0.4, 0.5) is 0 Å². The largest absolute Gasteiger partial charge is 0.183 e. The second kappa shape index (κ2) is 10.1. The summed E-state index contributed by atoms with van der Waals surface area (Å²) < 4.78 is 0. The van der Waals surface area contributed by atoms with Gasteiger partial charge in [0.05, 0.1) is 0 Å². The molecule has 6 aromatic carbocycles. The summed E-state index contributed by atoms with van der Waals surface area (Å²) >= 11 is 0. The van der Waals surface area contributed by atoms with E-state index in [9.17, 15) is 0 Å². The third-order valence-electron chi connectivity index (χ3n) is 7.57. The van der Waals surface area contributed by atoms with Crippen molar-refractivity contribution in [2.45, 2.75) is 26.2 Å². The quantitative estimate of drug-likeness (QED) is 0.121. The molecule has 0 bridgehead atoms. The van der Waals surface area contributed by atoms with Crippen molar-refractivity contribution in [1.29, 1.82) is 0 Å². The van der Waals surface area contributed by atoms with Crippen LogP contribution < -0.4 is 0 Å². The molecule has 0 spiro atoms. The van der Waals surface area contributed by atoms with Gasteiger partial charge in [-0.25, -0.2) is 0 Å². The molecule has 7 rings (SSSR count). The van der Waals surface area contributed by atoms with Gasteiger partial charge in [0.25, 0.3) is 0 Å². The fourth-order valence-corrected chi connectivity index (χ4v) is 6.02. The molecule has 35 heavy (non-hydrogen) atoms. The number of hydrogen-bond acceptors (Lipinski definition) is 0. The van der Waals surface area contributed by atoms with Crippen molar-refractivity contribution in [2.75, 3.05) is 0 Å². The zero-order valence-corrected chi connectivity index (χ0v) is 28.8. The SMILES string of the molecule is Cc1cc2ccc3ccc(-c4ccc5c(c4)C(C)(C)c4c[c-]ccc4-5)c4ccc(c1)c2c34.[Y].[Y].[Y]. The number of benzene rings is 6. The van der Waals surface area contributed by atoms with E-state index < -0.39 is 0 Å². The molecule has 0 heterocycles. The second-order valence-corrected chi connectivity index (χ2v) is 9.83. The van der Waals surface area contributed by atoms with E-state index in [0.717, 1.165) is 0 Å². The van der Waals surface area contributed by atoms with E-state index in [1.165, 1.54) is 71.3 Å². The monoisotopic (exact) mass is 674 g/mol. The Balaban J connectivity index is 0.000000963. The van der Waals surface area contributed by atoms with Gasteiger partial charge in [-0.3, -0.25) is 0 Å². The number of aryl methyl sites for hydroxylation is 1. The second-order valence-electron chi connectivity index (χ2n) is 9.83. The minimum atomic E-state index is -0.0141. The van der Waals surface area contributed by atoms with Crippen LogP contribution >= 0.6 is 0 Å². The summed E-state index contributed by atoms with van der Waals surface area (Å²) in [5, 5.41) is 8.09. The fraction of sp³-hybridized carbons (Fsp3) is 0.125. The van der Waals surface area contributed by atoms with Crippen LogP contribution in [0.1, 0.15) is 30.5 Å². The van der Waals surface area contributed by atoms with Gasteiger partial charge in [-0.15, -0.1) is 11.1 Å². The number of rotatable bonds is 1. The van der Waals surface area contributed by atoms with E-state index in [0.29, 0.717) is 0 Å². The molecular formula is C32H23Y3-. The van der Waals surface area contributed by atoms with Crippen LogP contribution in [0.3, 0.4) is 0 Å². The number of fused-ring (bicyclic) bond motifs is 3. The van der Waals surface area contributed by atoms with Crippen molar-refractivity contribution >= 4 is 32.3 Å². The van der Waals surface area contributed by atoms with E-state index >= 15 is 0 Å². The maximum absolute atomic E-state index is 3.29. The van der Waals surface area contributed by atoms with Gasteiger partial charge < -0.3 is 0 Å². The third kappa shape index (κ3) is 4.11. The van der Waals surface area contributed by atoms with Crippen LogP contribution in [0.2, 0.25) is 0 Å². The average Bonchev–Trinajstić information content (AvgIpc) is 3.04. The van der Waals surface area contributed by atoms with Gasteiger partial charge in [0.1, 0.15) is 0 Å². The van der Waals surface area contributed by atoms with Crippen molar-refractivity contribution in [3.8, 4) is 22.3 Å². The molecule has 1 aliphatic rings. The van der Waals surface area contributed by atoms with Gasteiger partial charge in [0.2, 0.25) is 0 Å². The topological polar surface area (TPSA) is 0 Å². The van der Waals surface area contributed by atoms with Gasteiger partial charge in [-0.1, -0.05) is 80.6 Å². The van der Waals surface area contributed by atoms with Crippen LogP contribution in [0.5, 0.6) is 0 Å². The first-order chi connectivity index (χ1) is 15.5. The molecule has 161 valence electrons. The Morgan fingerprint density at radius 2 is 1.23 bits per heavy atom. The average molecular weight is 674 g/mol. The Bertz CT molecular complexity index is 1690. The molecule has 0 saturated carbocycles. The van der Waals surface area contributed by atoms with Gasteiger partial charge in [0.15, 0.2) is 0 Å². The van der Waals surface area contributed by atoms with Crippen molar-refractivity contribution < 1.29 is 98.1 Å².